The third-order valence-corrected chi connectivity index (χ3v) is 3.08. The molecule has 0 atom stereocenters. The van der Waals surface area contributed by atoms with Gasteiger partial charge < -0.3 is 10.2 Å². The van der Waals surface area contributed by atoms with Gasteiger partial charge in [-0.25, -0.2) is 0 Å². The second kappa shape index (κ2) is 5.13. The third kappa shape index (κ3) is 2.49. The lowest BCUT2D eigenvalue weighted by atomic mass is 10.1. The zero-order valence-electron chi connectivity index (χ0n) is 11.0. The second-order valence-corrected chi connectivity index (χ2v) is 4.53. The molecule has 21 heavy (non-hydrogen) atoms. The van der Waals surface area contributed by atoms with Crippen LogP contribution in [-0.2, 0) is 0 Å². The fraction of sp³-hybridized carbons (Fsp3) is 0. The van der Waals surface area contributed by atoms with Gasteiger partial charge in [-0.2, -0.15) is 0 Å². The zero-order valence-corrected chi connectivity index (χ0v) is 11.0. The predicted molar refractivity (Wildman–Crippen MR) is 78.6 cm³/mol. The van der Waals surface area contributed by atoms with E-state index in [-0.39, 0.29) is 11.5 Å². The van der Waals surface area contributed by atoms with Crippen LogP contribution < -0.4 is 5.56 Å². The molecule has 0 saturated carbocycles. The summed E-state index contributed by atoms with van der Waals surface area (Å²) >= 11 is 0. The molecule has 3 aromatic rings. The molecule has 1 aromatic carbocycles. The van der Waals surface area contributed by atoms with Crippen LogP contribution in [0, 0.1) is 0 Å². The molecule has 2 N–H and O–H groups in total. The maximum atomic E-state index is 12.1. The smallest absolute Gasteiger partial charge is 0.297 e. The Morgan fingerprint density at radius 2 is 1.76 bits per heavy atom. The SMILES string of the molecule is O=c1c(O)cc(-c2ccc(O)cn2)cn1-c1ccccc1. The van der Waals surface area contributed by atoms with Crippen molar-refractivity contribution in [3.05, 3.63) is 71.3 Å². The van der Waals surface area contributed by atoms with Gasteiger partial charge in [0.25, 0.3) is 5.56 Å². The topological polar surface area (TPSA) is 75.3 Å². The second-order valence-electron chi connectivity index (χ2n) is 4.53. The highest BCUT2D eigenvalue weighted by molar-refractivity contribution is 5.61. The van der Waals surface area contributed by atoms with Crippen molar-refractivity contribution in [2.24, 2.45) is 0 Å². The molecule has 5 heteroatoms. The summed E-state index contributed by atoms with van der Waals surface area (Å²) < 4.78 is 1.36. The number of rotatable bonds is 2. The van der Waals surface area contributed by atoms with Gasteiger partial charge in [0.1, 0.15) is 5.75 Å². The quantitative estimate of drug-likeness (QED) is 0.755. The Morgan fingerprint density at radius 3 is 2.43 bits per heavy atom. The normalized spacial score (nSPS) is 10.5. The van der Waals surface area contributed by atoms with E-state index in [0.29, 0.717) is 16.9 Å². The van der Waals surface area contributed by atoms with Crippen molar-refractivity contribution in [1.29, 1.82) is 0 Å². The Kier molecular flexibility index (Phi) is 3.16. The lowest BCUT2D eigenvalue weighted by Gasteiger charge is -2.09. The van der Waals surface area contributed by atoms with Crippen molar-refractivity contribution in [3.63, 3.8) is 0 Å². The van der Waals surface area contributed by atoms with Gasteiger partial charge in [0.05, 0.1) is 11.9 Å². The molecular formula is C16H12N2O3. The van der Waals surface area contributed by atoms with Crippen LogP contribution in [0.4, 0.5) is 0 Å². The average Bonchev–Trinajstić information content (AvgIpc) is 2.51. The van der Waals surface area contributed by atoms with Gasteiger partial charge in [0.2, 0.25) is 0 Å². The summed E-state index contributed by atoms with van der Waals surface area (Å²) in [5, 5.41) is 19.1. The van der Waals surface area contributed by atoms with Crippen LogP contribution in [0.15, 0.2) is 65.7 Å². The van der Waals surface area contributed by atoms with E-state index in [0.717, 1.165) is 0 Å². The molecule has 0 amide bonds. The lowest BCUT2D eigenvalue weighted by molar-refractivity contribution is 0.464. The molecule has 3 rings (SSSR count). The van der Waals surface area contributed by atoms with Crippen LogP contribution in [0.2, 0.25) is 0 Å². The number of aromatic hydroxyl groups is 2. The summed E-state index contributed by atoms with van der Waals surface area (Å²) in [7, 11) is 0. The van der Waals surface area contributed by atoms with Crippen LogP contribution in [0.1, 0.15) is 0 Å². The average molecular weight is 280 g/mol. The highest BCUT2D eigenvalue weighted by Crippen LogP contribution is 2.21. The van der Waals surface area contributed by atoms with Crippen molar-refractivity contribution in [3.8, 4) is 28.4 Å². The minimum atomic E-state index is -0.497. The van der Waals surface area contributed by atoms with Crippen molar-refractivity contribution in [2.45, 2.75) is 0 Å². The van der Waals surface area contributed by atoms with Crippen LogP contribution >= 0.6 is 0 Å². The van der Waals surface area contributed by atoms with E-state index in [1.807, 2.05) is 18.2 Å². The Morgan fingerprint density at radius 1 is 1.00 bits per heavy atom. The molecule has 0 radical (unpaired) electrons. The van der Waals surface area contributed by atoms with Gasteiger partial charge >= 0.3 is 0 Å². The largest absolute Gasteiger partial charge is 0.506 e. The minimum Gasteiger partial charge on any atom is -0.506 e. The molecule has 0 fully saturated rings. The molecule has 0 aliphatic heterocycles. The standard InChI is InChI=1S/C16H12N2O3/c19-13-6-7-14(17-9-13)11-8-15(20)16(21)18(10-11)12-4-2-1-3-5-12/h1-10,19-20H. The molecule has 2 heterocycles. The van der Waals surface area contributed by atoms with Crippen LogP contribution in [0.25, 0.3) is 16.9 Å². The Balaban J connectivity index is 2.19. The minimum absolute atomic E-state index is 0.0550. The molecule has 0 bridgehead atoms. The maximum Gasteiger partial charge on any atom is 0.297 e. The van der Waals surface area contributed by atoms with Gasteiger partial charge in [-0.1, -0.05) is 18.2 Å². The Hall–Kier alpha value is -3.08. The van der Waals surface area contributed by atoms with Crippen LogP contribution in [-0.4, -0.2) is 19.8 Å². The molecule has 0 spiro atoms. The van der Waals surface area contributed by atoms with E-state index in [2.05, 4.69) is 4.98 Å². The number of para-hydroxylation sites is 1. The van der Waals surface area contributed by atoms with Crippen molar-refractivity contribution >= 4 is 0 Å². The van der Waals surface area contributed by atoms with Gasteiger partial charge in [0, 0.05) is 17.4 Å². The van der Waals surface area contributed by atoms with Crippen molar-refractivity contribution in [1.82, 2.24) is 9.55 Å². The molecule has 0 saturated heterocycles. The summed E-state index contributed by atoms with van der Waals surface area (Å²) in [6, 6.07) is 13.5. The van der Waals surface area contributed by atoms with Crippen LogP contribution in [0.3, 0.4) is 0 Å². The Bertz CT molecular complexity index is 824. The first-order chi connectivity index (χ1) is 10.1. The zero-order chi connectivity index (χ0) is 14.8. The van der Waals surface area contributed by atoms with Gasteiger partial charge in [-0.05, 0) is 30.3 Å². The van der Waals surface area contributed by atoms with E-state index < -0.39 is 5.56 Å². The molecular weight excluding hydrogens is 268 g/mol. The highest BCUT2D eigenvalue weighted by atomic mass is 16.3. The molecule has 0 aliphatic carbocycles. The molecule has 0 unspecified atom stereocenters. The van der Waals surface area contributed by atoms with Gasteiger partial charge in [0.15, 0.2) is 5.75 Å². The molecule has 0 aliphatic rings. The molecule has 2 aromatic heterocycles. The molecule has 104 valence electrons. The van der Waals surface area contributed by atoms with Crippen molar-refractivity contribution in [2.75, 3.05) is 0 Å². The number of nitrogens with zero attached hydrogens (tertiary/aromatic N) is 2. The summed E-state index contributed by atoms with van der Waals surface area (Å²) in [4.78, 5) is 16.1. The summed E-state index contributed by atoms with van der Waals surface area (Å²) in [6.45, 7) is 0. The third-order valence-electron chi connectivity index (χ3n) is 3.08. The maximum absolute atomic E-state index is 12.1. The predicted octanol–water partition coefficient (Wildman–Crippen LogP) is 2.31. The fourth-order valence-corrected chi connectivity index (χ4v) is 2.04. The first kappa shape index (κ1) is 12.9. The highest BCUT2D eigenvalue weighted by Gasteiger charge is 2.09. The number of aromatic nitrogens is 2. The van der Waals surface area contributed by atoms with E-state index in [1.165, 1.54) is 22.9 Å². The van der Waals surface area contributed by atoms with E-state index >= 15 is 0 Å². The lowest BCUT2D eigenvalue weighted by Crippen LogP contribution is -2.17. The number of hydrogen-bond acceptors (Lipinski definition) is 4. The van der Waals surface area contributed by atoms with Gasteiger partial charge in [-0.3, -0.25) is 14.3 Å². The van der Waals surface area contributed by atoms with Crippen molar-refractivity contribution < 1.29 is 10.2 Å². The van der Waals surface area contributed by atoms with Crippen LogP contribution in [0.5, 0.6) is 11.5 Å². The van der Waals surface area contributed by atoms with E-state index in [4.69, 9.17) is 0 Å². The van der Waals surface area contributed by atoms with E-state index in [1.54, 1.807) is 24.4 Å². The number of pyridine rings is 2. The number of hydrogen-bond donors (Lipinski definition) is 2. The number of benzene rings is 1. The van der Waals surface area contributed by atoms with Gasteiger partial charge in [-0.15, -0.1) is 0 Å². The summed E-state index contributed by atoms with van der Waals surface area (Å²) in [5.41, 5.74) is 1.28. The first-order valence-electron chi connectivity index (χ1n) is 6.31. The summed E-state index contributed by atoms with van der Waals surface area (Å²) in [6.07, 6.45) is 2.92. The van der Waals surface area contributed by atoms with E-state index in [9.17, 15) is 15.0 Å². The summed E-state index contributed by atoms with van der Waals surface area (Å²) in [5.74, 6) is -0.300. The molecule has 5 nitrogen and oxygen atoms in total. The first-order valence-corrected chi connectivity index (χ1v) is 6.31. The fourth-order valence-electron chi connectivity index (χ4n) is 2.04. The monoisotopic (exact) mass is 280 g/mol. The Labute approximate surface area is 120 Å².